The Balaban J connectivity index is 1.64. The van der Waals surface area contributed by atoms with Crippen molar-refractivity contribution < 1.29 is 12.8 Å². The third-order valence-corrected chi connectivity index (χ3v) is 6.66. The van der Waals surface area contributed by atoms with Gasteiger partial charge in [0.05, 0.1) is 23.2 Å². The number of fused-ring (bicyclic) bond motifs is 1. The second kappa shape index (κ2) is 7.38. The van der Waals surface area contributed by atoms with Gasteiger partial charge in [0.15, 0.2) is 0 Å². The van der Waals surface area contributed by atoms with Crippen molar-refractivity contribution in [2.24, 2.45) is 0 Å². The van der Waals surface area contributed by atoms with E-state index in [1.54, 1.807) is 6.07 Å². The van der Waals surface area contributed by atoms with Crippen LogP contribution in [0.4, 0.5) is 10.1 Å². The number of hydrogen-bond acceptors (Lipinski definition) is 5. The third kappa shape index (κ3) is 3.74. The van der Waals surface area contributed by atoms with Crippen molar-refractivity contribution in [1.82, 2.24) is 14.3 Å². The fourth-order valence-electron chi connectivity index (χ4n) is 3.43. The van der Waals surface area contributed by atoms with Gasteiger partial charge in [0.1, 0.15) is 12.1 Å². The van der Waals surface area contributed by atoms with Crippen LogP contribution in [-0.2, 0) is 10.0 Å². The maximum absolute atomic E-state index is 14.9. The van der Waals surface area contributed by atoms with Crippen molar-refractivity contribution in [3.05, 3.63) is 53.0 Å². The first-order chi connectivity index (χ1) is 13.3. The Morgan fingerprint density at radius 3 is 2.46 bits per heavy atom. The molecule has 1 fully saturated rings. The third-order valence-electron chi connectivity index (χ3n) is 4.87. The minimum atomic E-state index is -3.21. The molecule has 0 aliphatic carbocycles. The molecule has 0 unspecified atom stereocenters. The van der Waals surface area contributed by atoms with Crippen LogP contribution in [0.3, 0.4) is 0 Å². The Morgan fingerprint density at radius 2 is 1.79 bits per heavy atom. The molecule has 9 heteroatoms. The van der Waals surface area contributed by atoms with Crippen molar-refractivity contribution in [2.75, 3.05) is 37.3 Å². The molecule has 0 bridgehead atoms. The monoisotopic (exact) mass is 464 g/mol. The lowest BCUT2D eigenvalue weighted by Crippen LogP contribution is -2.48. The highest BCUT2D eigenvalue weighted by Gasteiger charge is 2.25. The van der Waals surface area contributed by atoms with Crippen molar-refractivity contribution in [1.29, 1.82) is 0 Å². The van der Waals surface area contributed by atoms with Crippen LogP contribution >= 0.6 is 15.9 Å². The molecule has 146 valence electrons. The molecule has 2 heterocycles. The van der Waals surface area contributed by atoms with Crippen LogP contribution in [0.5, 0.6) is 0 Å². The van der Waals surface area contributed by atoms with Gasteiger partial charge in [-0.1, -0.05) is 22.0 Å². The summed E-state index contributed by atoms with van der Waals surface area (Å²) in [4.78, 5) is 10.5. The minimum Gasteiger partial charge on any atom is -0.367 e. The van der Waals surface area contributed by atoms with Crippen LogP contribution < -0.4 is 4.90 Å². The molecule has 0 N–H and O–H groups in total. The molecule has 2 aromatic carbocycles. The number of rotatable bonds is 3. The molecule has 28 heavy (non-hydrogen) atoms. The lowest BCUT2D eigenvalue weighted by atomic mass is 10.1. The molecular weight excluding hydrogens is 447 g/mol. The van der Waals surface area contributed by atoms with Crippen molar-refractivity contribution >= 4 is 42.5 Å². The molecule has 0 atom stereocenters. The van der Waals surface area contributed by atoms with E-state index in [1.165, 1.54) is 23.0 Å². The quantitative estimate of drug-likeness (QED) is 0.594. The molecule has 1 saturated heterocycles. The minimum absolute atomic E-state index is 0.352. The van der Waals surface area contributed by atoms with Gasteiger partial charge in [-0.25, -0.2) is 22.8 Å². The average Bonchev–Trinajstić information content (AvgIpc) is 2.67. The number of anilines is 1. The van der Waals surface area contributed by atoms with Crippen LogP contribution in [0, 0.1) is 5.82 Å². The molecular formula is C19H18BrFN4O2S. The van der Waals surface area contributed by atoms with Crippen molar-refractivity contribution in [3.63, 3.8) is 0 Å². The average molecular weight is 465 g/mol. The predicted molar refractivity (Wildman–Crippen MR) is 111 cm³/mol. The summed E-state index contributed by atoms with van der Waals surface area (Å²) in [6, 6.07) is 10.7. The maximum Gasteiger partial charge on any atom is 0.211 e. The molecule has 0 amide bonds. The summed E-state index contributed by atoms with van der Waals surface area (Å²) in [5.41, 5.74) is 2.59. The smallest absolute Gasteiger partial charge is 0.211 e. The second-order valence-electron chi connectivity index (χ2n) is 6.70. The zero-order valence-electron chi connectivity index (χ0n) is 15.1. The zero-order valence-corrected chi connectivity index (χ0v) is 17.5. The number of aromatic nitrogens is 2. The zero-order chi connectivity index (χ0) is 19.9. The van der Waals surface area contributed by atoms with Gasteiger partial charge in [0.2, 0.25) is 10.0 Å². The van der Waals surface area contributed by atoms with Gasteiger partial charge in [-0.2, -0.15) is 4.31 Å². The number of piperazine rings is 1. The maximum atomic E-state index is 14.9. The number of halogens is 2. The summed E-state index contributed by atoms with van der Waals surface area (Å²) in [7, 11) is -3.21. The fourth-order valence-corrected chi connectivity index (χ4v) is 4.62. The van der Waals surface area contributed by atoms with E-state index >= 15 is 0 Å². The van der Waals surface area contributed by atoms with Crippen LogP contribution in [0.2, 0.25) is 0 Å². The SMILES string of the molecule is CS(=O)(=O)N1CCN(c2ccc(-c3ncnc4ccc(Br)cc34)cc2F)CC1. The summed E-state index contributed by atoms with van der Waals surface area (Å²) in [6.45, 7) is 1.61. The van der Waals surface area contributed by atoms with E-state index in [0.717, 1.165) is 15.4 Å². The highest BCUT2D eigenvalue weighted by Crippen LogP contribution is 2.31. The van der Waals surface area contributed by atoms with E-state index in [0.29, 0.717) is 43.1 Å². The van der Waals surface area contributed by atoms with E-state index < -0.39 is 10.0 Å². The summed E-state index contributed by atoms with van der Waals surface area (Å²) in [5.74, 6) is -0.355. The molecule has 0 spiro atoms. The molecule has 6 nitrogen and oxygen atoms in total. The lowest BCUT2D eigenvalue weighted by molar-refractivity contribution is 0.386. The van der Waals surface area contributed by atoms with Gasteiger partial charge in [0, 0.05) is 41.6 Å². The van der Waals surface area contributed by atoms with E-state index in [9.17, 15) is 12.8 Å². The van der Waals surface area contributed by atoms with Gasteiger partial charge >= 0.3 is 0 Å². The normalized spacial score (nSPS) is 15.9. The first kappa shape index (κ1) is 19.2. The molecule has 1 aliphatic rings. The first-order valence-electron chi connectivity index (χ1n) is 8.73. The van der Waals surface area contributed by atoms with Crippen LogP contribution in [0.15, 0.2) is 47.2 Å². The Hall–Kier alpha value is -2.10. The fraction of sp³-hybridized carbons (Fsp3) is 0.263. The van der Waals surface area contributed by atoms with E-state index in [4.69, 9.17) is 0 Å². The summed E-state index contributed by atoms with van der Waals surface area (Å²) in [5, 5.41) is 0.839. The van der Waals surface area contributed by atoms with Gasteiger partial charge in [-0.3, -0.25) is 0 Å². The second-order valence-corrected chi connectivity index (χ2v) is 9.60. The van der Waals surface area contributed by atoms with E-state index in [1.807, 2.05) is 29.2 Å². The van der Waals surface area contributed by atoms with Crippen molar-refractivity contribution in [2.45, 2.75) is 0 Å². The summed E-state index contributed by atoms with van der Waals surface area (Å²) >= 11 is 3.45. The predicted octanol–water partition coefficient (Wildman–Crippen LogP) is 3.28. The van der Waals surface area contributed by atoms with Crippen LogP contribution in [0.25, 0.3) is 22.2 Å². The van der Waals surface area contributed by atoms with Crippen molar-refractivity contribution in [3.8, 4) is 11.3 Å². The standard InChI is InChI=1S/C19H18BrFN4O2S/c1-28(26,27)25-8-6-24(7-9-25)18-5-2-13(10-16(18)21)19-15-11-14(20)3-4-17(15)22-12-23-19/h2-5,10-12H,6-9H2,1H3. The number of benzene rings is 2. The van der Waals surface area contributed by atoms with Gasteiger partial charge < -0.3 is 4.90 Å². The molecule has 4 rings (SSSR count). The Morgan fingerprint density at radius 1 is 1.04 bits per heavy atom. The molecule has 1 aromatic heterocycles. The highest BCUT2D eigenvalue weighted by atomic mass is 79.9. The van der Waals surface area contributed by atoms with Gasteiger partial charge in [-0.05, 0) is 30.3 Å². The van der Waals surface area contributed by atoms with E-state index in [-0.39, 0.29) is 5.82 Å². The van der Waals surface area contributed by atoms with Gasteiger partial charge in [0.25, 0.3) is 0 Å². The van der Waals surface area contributed by atoms with Gasteiger partial charge in [-0.15, -0.1) is 0 Å². The summed E-state index contributed by atoms with van der Waals surface area (Å²) in [6.07, 6.45) is 2.67. The topological polar surface area (TPSA) is 66.4 Å². The highest BCUT2D eigenvalue weighted by molar-refractivity contribution is 9.10. The first-order valence-corrected chi connectivity index (χ1v) is 11.4. The van der Waals surface area contributed by atoms with Crippen LogP contribution in [-0.4, -0.2) is 55.1 Å². The number of sulfonamides is 1. The molecule has 0 saturated carbocycles. The largest absolute Gasteiger partial charge is 0.367 e. The van der Waals surface area contributed by atoms with Crippen LogP contribution in [0.1, 0.15) is 0 Å². The number of hydrogen-bond donors (Lipinski definition) is 0. The van der Waals surface area contributed by atoms with E-state index in [2.05, 4.69) is 25.9 Å². The molecule has 1 aliphatic heterocycles. The lowest BCUT2D eigenvalue weighted by Gasteiger charge is -2.34. The molecule has 0 radical (unpaired) electrons. The Kier molecular flexibility index (Phi) is 5.07. The Bertz CT molecular complexity index is 1150. The number of nitrogens with zero attached hydrogens (tertiary/aromatic N) is 4. The summed E-state index contributed by atoms with van der Waals surface area (Å²) < 4.78 is 40.5. The Labute approximate surface area is 171 Å². The molecule has 3 aromatic rings.